The average molecular weight is 272 g/mol. The topological polar surface area (TPSA) is 47.9 Å². The Hall–Kier alpha value is -0.160. The highest BCUT2D eigenvalue weighted by atomic mass is 16.7. The van der Waals surface area contributed by atoms with E-state index in [9.17, 15) is 5.11 Å². The summed E-state index contributed by atoms with van der Waals surface area (Å²) in [5.41, 5.74) is 0.0346. The van der Waals surface area contributed by atoms with Crippen molar-refractivity contribution >= 4 is 0 Å². The van der Waals surface area contributed by atoms with Gasteiger partial charge in [-0.15, -0.1) is 0 Å². The van der Waals surface area contributed by atoms with Gasteiger partial charge in [-0.1, -0.05) is 12.8 Å². The molecule has 1 aliphatic heterocycles. The zero-order valence-corrected chi connectivity index (χ0v) is 12.3. The molecule has 2 aliphatic rings. The summed E-state index contributed by atoms with van der Waals surface area (Å²) in [5.74, 6) is 0.231. The summed E-state index contributed by atoms with van der Waals surface area (Å²) >= 11 is 0. The van der Waals surface area contributed by atoms with Crippen molar-refractivity contribution < 1.29 is 19.3 Å². The molecule has 1 saturated carbocycles. The minimum absolute atomic E-state index is 0.0346. The lowest BCUT2D eigenvalue weighted by molar-refractivity contribution is -0.217. The summed E-state index contributed by atoms with van der Waals surface area (Å²) in [6.45, 7) is 5.75. The van der Waals surface area contributed by atoms with Crippen molar-refractivity contribution in [2.75, 3.05) is 19.8 Å². The maximum Gasteiger partial charge on any atom is 0.183 e. The second-order valence-corrected chi connectivity index (χ2v) is 5.76. The molecule has 0 amide bonds. The molecular formula is C15H28O4. The molecule has 1 N–H and O–H groups in total. The monoisotopic (exact) mass is 272 g/mol. The predicted octanol–water partition coefficient (Wildman–Crippen LogP) is 2.49. The van der Waals surface area contributed by atoms with Crippen LogP contribution in [0.3, 0.4) is 0 Å². The highest BCUT2D eigenvalue weighted by Gasteiger charge is 2.43. The number of rotatable bonds is 6. The third-order valence-corrected chi connectivity index (χ3v) is 4.47. The van der Waals surface area contributed by atoms with Crippen LogP contribution in [0.25, 0.3) is 0 Å². The number of aliphatic hydroxyl groups is 1. The van der Waals surface area contributed by atoms with Crippen LogP contribution in [0.5, 0.6) is 0 Å². The van der Waals surface area contributed by atoms with Crippen LogP contribution < -0.4 is 0 Å². The zero-order chi connectivity index (χ0) is 13.7. The van der Waals surface area contributed by atoms with E-state index in [0.29, 0.717) is 13.2 Å². The first kappa shape index (κ1) is 15.2. The van der Waals surface area contributed by atoms with Crippen LogP contribution in [-0.2, 0) is 14.2 Å². The summed E-state index contributed by atoms with van der Waals surface area (Å²) in [6.07, 6.45) is 5.61. The summed E-state index contributed by atoms with van der Waals surface area (Å²) in [6, 6.07) is 0. The molecule has 0 radical (unpaired) electrons. The van der Waals surface area contributed by atoms with Gasteiger partial charge in [-0.3, -0.25) is 0 Å². The van der Waals surface area contributed by atoms with E-state index in [4.69, 9.17) is 14.2 Å². The summed E-state index contributed by atoms with van der Waals surface area (Å²) in [7, 11) is 0. The van der Waals surface area contributed by atoms with Crippen molar-refractivity contribution in [3.8, 4) is 0 Å². The van der Waals surface area contributed by atoms with Crippen LogP contribution in [-0.4, -0.2) is 42.9 Å². The van der Waals surface area contributed by atoms with E-state index >= 15 is 0 Å². The zero-order valence-electron chi connectivity index (χ0n) is 12.3. The Bertz CT molecular complexity index is 257. The molecule has 4 nitrogen and oxygen atoms in total. The first-order valence-electron chi connectivity index (χ1n) is 7.76. The Kier molecular flexibility index (Phi) is 5.63. The Morgan fingerprint density at radius 3 is 2.42 bits per heavy atom. The molecule has 0 bridgehead atoms. The second-order valence-electron chi connectivity index (χ2n) is 5.76. The minimum atomic E-state index is -0.540. The molecule has 0 aromatic carbocycles. The predicted molar refractivity (Wildman–Crippen MR) is 72.9 cm³/mol. The van der Waals surface area contributed by atoms with Gasteiger partial charge < -0.3 is 19.3 Å². The van der Waals surface area contributed by atoms with Gasteiger partial charge in [-0.2, -0.15) is 0 Å². The number of ether oxygens (including phenoxy) is 3. The quantitative estimate of drug-likeness (QED) is 0.755. The SMILES string of the molecule is CCOC(OCC)C(O)C1CCOC2(CCCC2)C1. The first-order valence-corrected chi connectivity index (χ1v) is 7.76. The second kappa shape index (κ2) is 7.02. The van der Waals surface area contributed by atoms with Crippen LogP contribution in [0.2, 0.25) is 0 Å². The minimum Gasteiger partial charge on any atom is -0.388 e. The van der Waals surface area contributed by atoms with Gasteiger partial charge in [0, 0.05) is 19.8 Å². The third-order valence-electron chi connectivity index (χ3n) is 4.47. The molecule has 4 heteroatoms. The molecular weight excluding hydrogens is 244 g/mol. The van der Waals surface area contributed by atoms with Crippen molar-refractivity contribution in [2.24, 2.45) is 5.92 Å². The molecule has 19 heavy (non-hydrogen) atoms. The highest BCUT2D eigenvalue weighted by molar-refractivity contribution is 4.93. The summed E-state index contributed by atoms with van der Waals surface area (Å²) in [4.78, 5) is 0. The first-order chi connectivity index (χ1) is 9.21. The standard InChI is InChI=1S/C15H28O4/c1-3-17-14(18-4-2)13(16)12-7-10-19-15(11-12)8-5-6-9-15/h12-14,16H,3-11H2,1-2H3. The number of aliphatic hydroxyl groups excluding tert-OH is 1. The van der Waals surface area contributed by atoms with E-state index in [1.54, 1.807) is 0 Å². The molecule has 1 heterocycles. The third kappa shape index (κ3) is 3.69. The molecule has 2 fully saturated rings. The molecule has 1 aliphatic carbocycles. The Morgan fingerprint density at radius 2 is 1.84 bits per heavy atom. The van der Waals surface area contributed by atoms with E-state index in [2.05, 4.69) is 0 Å². The van der Waals surface area contributed by atoms with Crippen LogP contribution in [0.15, 0.2) is 0 Å². The van der Waals surface area contributed by atoms with Gasteiger partial charge >= 0.3 is 0 Å². The fourth-order valence-electron chi connectivity index (χ4n) is 3.52. The van der Waals surface area contributed by atoms with Crippen LogP contribution in [0, 0.1) is 5.92 Å². The fourth-order valence-corrected chi connectivity index (χ4v) is 3.52. The smallest absolute Gasteiger partial charge is 0.183 e. The number of hydrogen-bond acceptors (Lipinski definition) is 4. The van der Waals surface area contributed by atoms with Gasteiger partial charge in [0.2, 0.25) is 0 Å². The Balaban J connectivity index is 1.94. The molecule has 0 aromatic heterocycles. The normalized spacial score (nSPS) is 28.1. The molecule has 112 valence electrons. The van der Waals surface area contributed by atoms with Gasteiger partial charge in [-0.25, -0.2) is 0 Å². The van der Waals surface area contributed by atoms with Crippen LogP contribution in [0.1, 0.15) is 52.4 Å². The largest absolute Gasteiger partial charge is 0.388 e. The molecule has 1 spiro atoms. The van der Waals surface area contributed by atoms with Crippen molar-refractivity contribution in [3.05, 3.63) is 0 Å². The fraction of sp³-hybridized carbons (Fsp3) is 1.00. The highest BCUT2D eigenvalue weighted by Crippen LogP contribution is 2.43. The Labute approximate surface area is 116 Å². The molecule has 2 rings (SSSR count). The van der Waals surface area contributed by atoms with Crippen molar-refractivity contribution in [3.63, 3.8) is 0 Å². The average Bonchev–Trinajstić information content (AvgIpc) is 2.86. The number of hydrogen-bond donors (Lipinski definition) is 1. The van der Waals surface area contributed by atoms with E-state index in [-0.39, 0.29) is 11.5 Å². The van der Waals surface area contributed by atoms with Crippen molar-refractivity contribution in [1.82, 2.24) is 0 Å². The van der Waals surface area contributed by atoms with Crippen LogP contribution >= 0.6 is 0 Å². The van der Waals surface area contributed by atoms with Gasteiger partial charge in [0.05, 0.1) is 5.60 Å². The van der Waals surface area contributed by atoms with Gasteiger partial charge in [0.25, 0.3) is 0 Å². The summed E-state index contributed by atoms with van der Waals surface area (Å²) in [5, 5.41) is 10.5. The molecule has 2 atom stereocenters. The van der Waals surface area contributed by atoms with Crippen molar-refractivity contribution in [2.45, 2.75) is 70.4 Å². The van der Waals surface area contributed by atoms with Gasteiger partial charge in [0.1, 0.15) is 6.10 Å². The molecule has 2 unspecified atom stereocenters. The van der Waals surface area contributed by atoms with Gasteiger partial charge in [0.15, 0.2) is 6.29 Å². The lowest BCUT2D eigenvalue weighted by Gasteiger charge is -2.41. The van der Waals surface area contributed by atoms with Crippen LogP contribution in [0.4, 0.5) is 0 Å². The summed E-state index contributed by atoms with van der Waals surface area (Å²) < 4.78 is 17.1. The van der Waals surface area contributed by atoms with Gasteiger partial charge in [-0.05, 0) is 45.4 Å². The van der Waals surface area contributed by atoms with E-state index in [1.165, 1.54) is 12.8 Å². The maximum atomic E-state index is 10.5. The molecule has 1 saturated heterocycles. The van der Waals surface area contributed by atoms with E-state index in [0.717, 1.165) is 32.3 Å². The lowest BCUT2D eigenvalue weighted by Crippen LogP contribution is -2.46. The van der Waals surface area contributed by atoms with Crippen molar-refractivity contribution in [1.29, 1.82) is 0 Å². The molecule has 0 aromatic rings. The Morgan fingerprint density at radius 1 is 1.21 bits per heavy atom. The maximum absolute atomic E-state index is 10.5. The lowest BCUT2D eigenvalue weighted by atomic mass is 9.81. The van der Waals surface area contributed by atoms with E-state index < -0.39 is 12.4 Å². The van der Waals surface area contributed by atoms with E-state index in [1.807, 2.05) is 13.8 Å².